The van der Waals surface area contributed by atoms with Gasteiger partial charge >= 0.3 is 0 Å². The number of amides is 1. The van der Waals surface area contributed by atoms with E-state index in [-0.39, 0.29) is 11.9 Å². The number of rotatable bonds is 6. The maximum absolute atomic E-state index is 13.1. The largest absolute Gasteiger partial charge is 0.345 e. The van der Waals surface area contributed by atoms with Crippen LogP contribution in [0.15, 0.2) is 96.5 Å². The Bertz CT molecular complexity index is 1300. The van der Waals surface area contributed by atoms with Crippen LogP contribution in [0, 0.1) is 6.92 Å². The topological polar surface area (TPSA) is 46.4 Å². The molecule has 0 saturated carbocycles. The molecule has 5 heteroatoms. The monoisotopic (exact) mass is 437 g/mol. The lowest BCUT2D eigenvalue weighted by atomic mass is 9.98. The van der Waals surface area contributed by atoms with E-state index in [4.69, 9.17) is 4.98 Å². The number of benzene rings is 3. The number of hydrogen-bond acceptors (Lipinski definition) is 3. The Balaban J connectivity index is 1.38. The molecule has 3 aromatic carbocycles. The molecule has 5 rings (SSSR count). The smallest absolute Gasteiger partial charge is 0.226 e. The van der Waals surface area contributed by atoms with E-state index in [2.05, 4.69) is 36.5 Å². The predicted octanol–water partition coefficient (Wildman–Crippen LogP) is 5.82. The molecule has 0 saturated heterocycles. The molecule has 2 heterocycles. The van der Waals surface area contributed by atoms with Crippen LogP contribution < -0.4 is 5.32 Å². The van der Waals surface area contributed by atoms with E-state index in [1.807, 2.05) is 76.6 Å². The summed E-state index contributed by atoms with van der Waals surface area (Å²) in [5.41, 5.74) is 6.28. The zero-order valence-corrected chi connectivity index (χ0v) is 18.5. The van der Waals surface area contributed by atoms with Crippen LogP contribution in [-0.2, 0) is 11.2 Å². The fraction of sp³-hybridized carbons (Fsp3) is 0.111. The molecule has 0 atom stereocenters. The average Bonchev–Trinajstić information content (AvgIpc) is 3.41. The first-order valence-electron chi connectivity index (χ1n) is 10.6. The number of fused-ring (bicyclic) bond motifs is 1. The number of carbonyl (C=O) groups is 1. The minimum atomic E-state index is -0.190. The van der Waals surface area contributed by atoms with Gasteiger partial charge in [-0.25, -0.2) is 4.98 Å². The number of aromatic nitrogens is 2. The molecule has 1 N–H and O–H groups in total. The van der Waals surface area contributed by atoms with E-state index < -0.39 is 0 Å². The summed E-state index contributed by atoms with van der Waals surface area (Å²) in [4.78, 5) is 18.7. The number of aryl methyl sites for hydroxylation is 1. The van der Waals surface area contributed by atoms with E-state index >= 15 is 0 Å². The summed E-state index contributed by atoms with van der Waals surface area (Å²) in [6, 6.07) is 28.3. The molecule has 0 aliphatic carbocycles. The molecule has 4 nitrogen and oxygen atoms in total. The standard InChI is InChI=1S/C27H23N3OS/c1-19-12-14-20(15-13-19)24-17-30-23(18-32-27(30)28-24)16-25(31)29-26(21-8-4-2-5-9-21)22-10-6-3-7-11-22/h2-15,17-18,26H,16H2,1H3,(H,29,31). The van der Waals surface area contributed by atoms with Gasteiger partial charge < -0.3 is 5.32 Å². The predicted molar refractivity (Wildman–Crippen MR) is 130 cm³/mol. The van der Waals surface area contributed by atoms with Crippen molar-refractivity contribution in [3.63, 3.8) is 0 Å². The summed E-state index contributed by atoms with van der Waals surface area (Å²) < 4.78 is 2.03. The van der Waals surface area contributed by atoms with Crippen LogP contribution in [0.3, 0.4) is 0 Å². The highest BCUT2D eigenvalue weighted by molar-refractivity contribution is 7.15. The van der Waals surface area contributed by atoms with Gasteiger partial charge in [0, 0.05) is 22.8 Å². The molecule has 0 aliphatic rings. The Morgan fingerprint density at radius 1 is 0.938 bits per heavy atom. The van der Waals surface area contributed by atoms with Crippen molar-refractivity contribution in [2.24, 2.45) is 0 Å². The summed E-state index contributed by atoms with van der Waals surface area (Å²) in [7, 11) is 0. The van der Waals surface area contributed by atoms with Gasteiger partial charge in [0.25, 0.3) is 0 Å². The van der Waals surface area contributed by atoms with Gasteiger partial charge in [0.2, 0.25) is 5.91 Å². The zero-order chi connectivity index (χ0) is 21.9. The lowest BCUT2D eigenvalue weighted by molar-refractivity contribution is -0.121. The van der Waals surface area contributed by atoms with Crippen molar-refractivity contribution in [1.29, 1.82) is 0 Å². The van der Waals surface area contributed by atoms with Crippen molar-refractivity contribution in [2.75, 3.05) is 0 Å². The first-order chi connectivity index (χ1) is 15.7. The maximum Gasteiger partial charge on any atom is 0.226 e. The van der Waals surface area contributed by atoms with Gasteiger partial charge in [-0.05, 0) is 18.1 Å². The number of carbonyl (C=O) groups excluding carboxylic acids is 1. The van der Waals surface area contributed by atoms with E-state index in [1.165, 1.54) is 5.56 Å². The van der Waals surface area contributed by atoms with Gasteiger partial charge in [0.05, 0.1) is 18.2 Å². The lowest BCUT2D eigenvalue weighted by Crippen LogP contribution is -2.30. The second-order valence-electron chi connectivity index (χ2n) is 7.87. The first-order valence-corrected chi connectivity index (χ1v) is 11.5. The highest BCUT2D eigenvalue weighted by Crippen LogP contribution is 2.25. The highest BCUT2D eigenvalue weighted by Gasteiger charge is 2.18. The summed E-state index contributed by atoms with van der Waals surface area (Å²) >= 11 is 1.56. The van der Waals surface area contributed by atoms with Crippen LogP contribution in [0.1, 0.15) is 28.4 Å². The van der Waals surface area contributed by atoms with E-state index in [0.717, 1.165) is 33.0 Å². The van der Waals surface area contributed by atoms with Crippen molar-refractivity contribution in [3.8, 4) is 11.3 Å². The van der Waals surface area contributed by atoms with E-state index in [9.17, 15) is 4.79 Å². The van der Waals surface area contributed by atoms with Crippen LogP contribution >= 0.6 is 11.3 Å². The molecule has 1 amide bonds. The Labute approximate surface area is 191 Å². The molecule has 0 fully saturated rings. The van der Waals surface area contributed by atoms with Gasteiger partial charge in [0.15, 0.2) is 4.96 Å². The van der Waals surface area contributed by atoms with Crippen LogP contribution in [0.25, 0.3) is 16.2 Å². The maximum atomic E-state index is 13.1. The van der Waals surface area contributed by atoms with Crippen LogP contribution in [0.2, 0.25) is 0 Å². The van der Waals surface area contributed by atoms with Gasteiger partial charge in [0.1, 0.15) is 0 Å². The highest BCUT2D eigenvalue weighted by atomic mass is 32.1. The van der Waals surface area contributed by atoms with Gasteiger partial charge in [-0.2, -0.15) is 0 Å². The number of imidazole rings is 1. The van der Waals surface area contributed by atoms with Crippen LogP contribution in [-0.4, -0.2) is 15.3 Å². The Kier molecular flexibility index (Phi) is 5.57. The molecule has 0 radical (unpaired) electrons. The minimum Gasteiger partial charge on any atom is -0.345 e. The molecule has 158 valence electrons. The summed E-state index contributed by atoms with van der Waals surface area (Å²) in [5, 5.41) is 5.24. The molecule has 5 aromatic rings. The van der Waals surface area contributed by atoms with Gasteiger partial charge in [-0.3, -0.25) is 9.20 Å². The average molecular weight is 438 g/mol. The Morgan fingerprint density at radius 2 is 1.56 bits per heavy atom. The van der Waals surface area contributed by atoms with E-state index in [1.54, 1.807) is 11.3 Å². The zero-order valence-electron chi connectivity index (χ0n) is 17.7. The first kappa shape index (κ1) is 20.2. The number of nitrogens with zero attached hydrogens (tertiary/aromatic N) is 2. The number of hydrogen-bond donors (Lipinski definition) is 1. The van der Waals surface area contributed by atoms with Crippen LogP contribution in [0.5, 0.6) is 0 Å². The summed E-state index contributed by atoms with van der Waals surface area (Å²) in [5.74, 6) is -0.0204. The molecule has 0 spiro atoms. The van der Waals surface area contributed by atoms with Crippen molar-refractivity contribution in [3.05, 3.63) is 119 Å². The normalized spacial score (nSPS) is 11.2. The summed E-state index contributed by atoms with van der Waals surface area (Å²) in [6.45, 7) is 2.07. The quantitative estimate of drug-likeness (QED) is 0.364. The van der Waals surface area contributed by atoms with Crippen molar-refractivity contribution in [1.82, 2.24) is 14.7 Å². The second-order valence-corrected chi connectivity index (χ2v) is 8.71. The van der Waals surface area contributed by atoms with Gasteiger partial charge in [-0.15, -0.1) is 11.3 Å². The van der Waals surface area contributed by atoms with Crippen molar-refractivity contribution < 1.29 is 4.79 Å². The molecular formula is C27H23N3OS. The number of nitrogens with one attached hydrogen (secondary N) is 1. The third-order valence-corrected chi connectivity index (χ3v) is 6.43. The third kappa shape index (κ3) is 4.20. The fourth-order valence-corrected chi connectivity index (χ4v) is 4.72. The van der Waals surface area contributed by atoms with E-state index in [0.29, 0.717) is 6.42 Å². The molecule has 2 aromatic heterocycles. The van der Waals surface area contributed by atoms with Crippen molar-refractivity contribution in [2.45, 2.75) is 19.4 Å². The second kappa shape index (κ2) is 8.81. The number of thiazole rings is 1. The van der Waals surface area contributed by atoms with Crippen LogP contribution in [0.4, 0.5) is 0 Å². The Hall–Kier alpha value is -3.70. The van der Waals surface area contributed by atoms with Crippen molar-refractivity contribution >= 4 is 22.2 Å². The molecule has 32 heavy (non-hydrogen) atoms. The molecule has 0 unspecified atom stereocenters. The molecule has 0 bridgehead atoms. The molecule has 0 aliphatic heterocycles. The Morgan fingerprint density at radius 3 is 2.19 bits per heavy atom. The third-order valence-electron chi connectivity index (χ3n) is 5.54. The lowest BCUT2D eigenvalue weighted by Gasteiger charge is -2.20. The summed E-state index contributed by atoms with van der Waals surface area (Å²) in [6.07, 6.45) is 2.31. The SMILES string of the molecule is Cc1ccc(-c2cn3c(CC(=O)NC(c4ccccc4)c4ccccc4)csc3n2)cc1. The minimum absolute atomic E-state index is 0.0204. The fourth-order valence-electron chi connectivity index (χ4n) is 3.85. The molecular weight excluding hydrogens is 414 g/mol. The van der Waals surface area contributed by atoms with Gasteiger partial charge in [-0.1, -0.05) is 90.5 Å².